The molecule has 0 aliphatic heterocycles. The first kappa shape index (κ1) is 19.5. The number of hydrogen-bond donors (Lipinski definition) is 0. The Hall–Kier alpha value is -3.49. The SMILES string of the molecule is Brc1cccc(-c2cc(-c3ccccc3)nc(-c3ccc(-c4ccccc4)cc3)c2)c1. The van der Waals surface area contributed by atoms with Gasteiger partial charge in [0.15, 0.2) is 0 Å². The van der Waals surface area contributed by atoms with E-state index in [-0.39, 0.29) is 0 Å². The summed E-state index contributed by atoms with van der Waals surface area (Å²) in [7, 11) is 0. The zero-order chi connectivity index (χ0) is 21.0. The van der Waals surface area contributed by atoms with E-state index in [1.807, 2.05) is 18.2 Å². The van der Waals surface area contributed by atoms with E-state index in [1.165, 1.54) is 11.1 Å². The summed E-state index contributed by atoms with van der Waals surface area (Å²) in [5.74, 6) is 0. The van der Waals surface area contributed by atoms with Gasteiger partial charge in [-0.15, -0.1) is 0 Å². The fourth-order valence-corrected chi connectivity index (χ4v) is 4.13. The van der Waals surface area contributed by atoms with Crippen molar-refractivity contribution < 1.29 is 0 Å². The molecular formula is C29H20BrN. The molecular weight excluding hydrogens is 442 g/mol. The Labute approximate surface area is 191 Å². The van der Waals surface area contributed by atoms with Crippen LogP contribution < -0.4 is 0 Å². The molecule has 0 aliphatic rings. The van der Waals surface area contributed by atoms with Gasteiger partial charge in [-0.3, -0.25) is 0 Å². The molecule has 5 aromatic rings. The third-order valence-electron chi connectivity index (χ3n) is 5.34. The molecule has 2 heteroatoms. The first-order valence-electron chi connectivity index (χ1n) is 10.3. The summed E-state index contributed by atoms with van der Waals surface area (Å²) < 4.78 is 1.07. The lowest BCUT2D eigenvalue weighted by Crippen LogP contribution is -1.91. The summed E-state index contributed by atoms with van der Waals surface area (Å²) in [5, 5.41) is 0. The molecule has 0 saturated heterocycles. The van der Waals surface area contributed by atoms with Crippen molar-refractivity contribution in [3.05, 3.63) is 126 Å². The van der Waals surface area contributed by atoms with Crippen molar-refractivity contribution >= 4 is 15.9 Å². The maximum Gasteiger partial charge on any atom is 0.0715 e. The highest BCUT2D eigenvalue weighted by Crippen LogP contribution is 2.32. The Balaban J connectivity index is 1.61. The van der Waals surface area contributed by atoms with Gasteiger partial charge in [0, 0.05) is 15.6 Å². The van der Waals surface area contributed by atoms with Gasteiger partial charge in [-0.1, -0.05) is 113 Å². The van der Waals surface area contributed by atoms with Gasteiger partial charge in [0.05, 0.1) is 11.4 Å². The molecule has 0 N–H and O–H groups in total. The molecule has 31 heavy (non-hydrogen) atoms. The van der Waals surface area contributed by atoms with Crippen LogP contribution in [0, 0.1) is 0 Å². The van der Waals surface area contributed by atoms with Crippen LogP contribution in [0.1, 0.15) is 0 Å². The number of pyridine rings is 1. The maximum atomic E-state index is 5.01. The van der Waals surface area contributed by atoms with Gasteiger partial charge < -0.3 is 0 Å². The second-order valence-electron chi connectivity index (χ2n) is 7.45. The van der Waals surface area contributed by atoms with E-state index in [1.54, 1.807) is 0 Å². The summed E-state index contributed by atoms with van der Waals surface area (Å²) in [6.07, 6.45) is 0. The van der Waals surface area contributed by atoms with Gasteiger partial charge in [0.25, 0.3) is 0 Å². The van der Waals surface area contributed by atoms with E-state index < -0.39 is 0 Å². The summed E-state index contributed by atoms with van der Waals surface area (Å²) in [4.78, 5) is 5.01. The third kappa shape index (κ3) is 4.35. The number of nitrogens with zero attached hydrogens (tertiary/aromatic N) is 1. The molecule has 4 aromatic carbocycles. The van der Waals surface area contributed by atoms with Gasteiger partial charge >= 0.3 is 0 Å². The van der Waals surface area contributed by atoms with E-state index in [0.717, 1.165) is 38.1 Å². The van der Waals surface area contributed by atoms with Crippen molar-refractivity contribution in [3.63, 3.8) is 0 Å². The number of aromatic nitrogens is 1. The third-order valence-corrected chi connectivity index (χ3v) is 5.83. The molecule has 0 radical (unpaired) electrons. The van der Waals surface area contributed by atoms with E-state index >= 15 is 0 Å². The van der Waals surface area contributed by atoms with Crippen LogP contribution in [-0.4, -0.2) is 4.98 Å². The lowest BCUT2D eigenvalue weighted by molar-refractivity contribution is 1.32. The largest absolute Gasteiger partial charge is 0.248 e. The monoisotopic (exact) mass is 461 g/mol. The highest BCUT2D eigenvalue weighted by Gasteiger charge is 2.09. The van der Waals surface area contributed by atoms with Crippen molar-refractivity contribution in [1.29, 1.82) is 0 Å². The molecule has 5 rings (SSSR count). The van der Waals surface area contributed by atoms with Crippen LogP contribution in [0.4, 0.5) is 0 Å². The average molecular weight is 462 g/mol. The number of halogens is 1. The fraction of sp³-hybridized carbons (Fsp3) is 0. The van der Waals surface area contributed by atoms with Crippen molar-refractivity contribution in [2.45, 2.75) is 0 Å². The van der Waals surface area contributed by atoms with Crippen LogP contribution in [0.5, 0.6) is 0 Å². The van der Waals surface area contributed by atoms with Crippen LogP contribution in [0.3, 0.4) is 0 Å². The molecule has 1 nitrogen and oxygen atoms in total. The summed E-state index contributed by atoms with van der Waals surface area (Å²) >= 11 is 3.60. The molecule has 0 spiro atoms. The Morgan fingerprint density at radius 3 is 1.48 bits per heavy atom. The van der Waals surface area contributed by atoms with E-state index in [0.29, 0.717) is 0 Å². The highest BCUT2D eigenvalue weighted by molar-refractivity contribution is 9.10. The fourth-order valence-electron chi connectivity index (χ4n) is 3.73. The van der Waals surface area contributed by atoms with Crippen LogP contribution in [0.2, 0.25) is 0 Å². The Morgan fingerprint density at radius 1 is 0.387 bits per heavy atom. The lowest BCUT2D eigenvalue weighted by atomic mass is 9.98. The van der Waals surface area contributed by atoms with Crippen LogP contribution in [-0.2, 0) is 0 Å². The van der Waals surface area contributed by atoms with Crippen molar-refractivity contribution in [2.75, 3.05) is 0 Å². The molecule has 0 fully saturated rings. The van der Waals surface area contributed by atoms with Gasteiger partial charge in [-0.25, -0.2) is 4.98 Å². The number of rotatable bonds is 4. The minimum atomic E-state index is 0.968. The second kappa shape index (κ2) is 8.71. The summed E-state index contributed by atoms with van der Waals surface area (Å²) in [6, 6.07) is 42.2. The number of benzene rings is 4. The Bertz CT molecular complexity index is 1310. The van der Waals surface area contributed by atoms with E-state index in [4.69, 9.17) is 4.98 Å². The predicted octanol–water partition coefficient (Wildman–Crippen LogP) is 8.51. The number of hydrogen-bond acceptors (Lipinski definition) is 1. The topological polar surface area (TPSA) is 12.9 Å². The van der Waals surface area contributed by atoms with Crippen LogP contribution >= 0.6 is 15.9 Å². The van der Waals surface area contributed by atoms with Crippen molar-refractivity contribution in [3.8, 4) is 44.8 Å². The first-order chi connectivity index (χ1) is 15.3. The van der Waals surface area contributed by atoms with E-state index in [9.17, 15) is 0 Å². The molecule has 148 valence electrons. The molecule has 0 bridgehead atoms. The standard InChI is InChI=1S/C29H20BrN/c30-27-13-7-12-25(18-27)26-19-28(23-10-5-2-6-11-23)31-29(20-26)24-16-14-22(15-17-24)21-8-3-1-4-9-21/h1-20H. The lowest BCUT2D eigenvalue weighted by Gasteiger charge is -2.11. The minimum absolute atomic E-state index is 0.968. The van der Waals surface area contributed by atoms with Crippen LogP contribution in [0.15, 0.2) is 126 Å². The first-order valence-corrected chi connectivity index (χ1v) is 11.0. The van der Waals surface area contributed by atoms with Crippen LogP contribution in [0.25, 0.3) is 44.8 Å². The zero-order valence-corrected chi connectivity index (χ0v) is 18.5. The zero-order valence-electron chi connectivity index (χ0n) is 16.9. The van der Waals surface area contributed by atoms with Gasteiger partial charge in [-0.2, -0.15) is 0 Å². The van der Waals surface area contributed by atoms with Gasteiger partial charge in [0.1, 0.15) is 0 Å². The molecule has 0 aliphatic carbocycles. The molecule has 1 heterocycles. The Morgan fingerprint density at radius 2 is 0.871 bits per heavy atom. The summed E-state index contributed by atoms with van der Waals surface area (Å²) in [6.45, 7) is 0. The average Bonchev–Trinajstić information content (AvgIpc) is 2.85. The predicted molar refractivity (Wildman–Crippen MR) is 134 cm³/mol. The molecule has 0 saturated carbocycles. The van der Waals surface area contributed by atoms with Gasteiger partial charge in [-0.05, 0) is 46.5 Å². The molecule has 1 aromatic heterocycles. The summed E-state index contributed by atoms with van der Waals surface area (Å²) in [5.41, 5.74) is 8.89. The van der Waals surface area contributed by atoms with Gasteiger partial charge in [0.2, 0.25) is 0 Å². The van der Waals surface area contributed by atoms with E-state index in [2.05, 4.69) is 119 Å². The molecule has 0 amide bonds. The Kier molecular flexibility index (Phi) is 5.47. The normalized spacial score (nSPS) is 10.7. The maximum absolute atomic E-state index is 5.01. The van der Waals surface area contributed by atoms with Crippen molar-refractivity contribution in [1.82, 2.24) is 4.98 Å². The molecule has 0 atom stereocenters. The molecule has 0 unspecified atom stereocenters. The second-order valence-corrected chi connectivity index (χ2v) is 8.36. The quantitative estimate of drug-likeness (QED) is 0.261. The highest BCUT2D eigenvalue weighted by atomic mass is 79.9. The smallest absolute Gasteiger partial charge is 0.0715 e. The minimum Gasteiger partial charge on any atom is -0.248 e. The van der Waals surface area contributed by atoms with Crippen molar-refractivity contribution in [2.24, 2.45) is 0 Å².